The van der Waals surface area contributed by atoms with Crippen LogP contribution < -0.4 is 19.7 Å². The van der Waals surface area contributed by atoms with Crippen molar-refractivity contribution in [1.82, 2.24) is 14.8 Å². The summed E-state index contributed by atoms with van der Waals surface area (Å²) in [7, 11) is 1.62. The molecule has 1 aromatic heterocycles. The van der Waals surface area contributed by atoms with Crippen LogP contribution in [0.2, 0.25) is 5.02 Å². The Morgan fingerprint density at radius 2 is 1.81 bits per heavy atom. The Kier molecular flexibility index (Phi) is 9.00. The van der Waals surface area contributed by atoms with Crippen molar-refractivity contribution in [1.29, 1.82) is 0 Å². The van der Waals surface area contributed by atoms with E-state index in [-0.39, 0.29) is 6.03 Å². The van der Waals surface area contributed by atoms with Crippen LogP contribution in [0.5, 0.6) is 11.5 Å². The van der Waals surface area contributed by atoms with Crippen LogP contribution >= 0.6 is 22.9 Å². The molecule has 2 amide bonds. The molecule has 10 heteroatoms. The molecule has 0 bridgehead atoms. The zero-order chi connectivity index (χ0) is 26.5. The highest BCUT2D eigenvalue weighted by atomic mass is 35.5. The molecule has 2 aromatic carbocycles. The number of amides is 2. The number of fused-ring (bicyclic) bond motifs is 1. The lowest BCUT2D eigenvalue weighted by Crippen LogP contribution is -2.50. The maximum atomic E-state index is 13.0. The van der Waals surface area contributed by atoms with Gasteiger partial charge in [-0.3, -0.25) is 4.90 Å². The Labute approximate surface area is 228 Å². The van der Waals surface area contributed by atoms with Crippen LogP contribution in [0.25, 0.3) is 10.2 Å². The smallest absolute Gasteiger partial charge is 0.321 e. The van der Waals surface area contributed by atoms with Crippen LogP contribution in [0.15, 0.2) is 36.4 Å². The first-order chi connectivity index (χ1) is 17.7. The van der Waals surface area contributed by atoms with E-state index in [0.717, 1.165) is 35.0 Å². The van der Waals surface area contributed by atoms with E-state index >= 15 is 0 Å². The molecule has 1 fully saturated rings. The number of nitrogens with one attached hydrogen (secondary N) is 1. The lowest BCUT2D eigenvalue weighted by atomic mass is 10.2. The maximum absolute atomic E-state index is 13.0. The van der Waals surface area contributed by atoms with Crippen LogP contribution in [-0.2, 0) is 0 Å². The molecule has 1 aliphatic heterocycles. The minimum Gasteiger partial charge on any atom is -0.493 e. The second-order valence-corrected chi connectivity index (χ2v) is 11.1. The maximum Gasteiger partial charge on any atom is 0.321 e. The van der Waals surface area contributed by atoms with E-state index in [9.17, 15) is 4.79 Å². The number of piperazine rings is 1. The van der Waals surface area contributed by atoms with Crippen molar-refractivity contribution in [2.24, 2.45) is 0 Å². The molecule has 200 valence electrons. The largest absolute Gasteiger partial charge is 0.493 e. The van der Waals surface area contributed by atoms with Gasteiger partial charge in [0, 0.05) is 61.6 Å². The van der Waals surface area contributed by atoms with E-state index in [1.165, 1.54) is 0 Å². The van der Waals surface area contributed by atoms with Gasteiger partial charge < -0.3 is 24.6 Å². The number of hydrogen-bond acceptors (Lipinski definition) is 7. The summed E-state index contributed by atoms with van der Waals surface area (Å²) in [6.07, 6.45) is 0. The van der Waals surface area contributed by atoms with Gasteiger partial charge >= 0.3 is 6.03 Å². The standard InChI is InChI=1S/C27H36ClN5O3S/c1-18(2)33(19(3)4)14-15-36-24-17-21(7-9-23(24)35-5)29-26(34)31-10-12-32(13-11-31)27-30-22-8-6-20(28)16-25(22)37-27/h6-9,16-19H,10-15H2,1-5H3,(H,29,34). The molecule has 0 aliphatic carbocycles. The second kappa shape index (κ2) is 12.2. The van der Waals surface area contributed by atoms with Gasteiger partial charge in [-0.05, 0) is 58.0 Å². The normalized spacial score (nSPS) is 14.2. The van der Waals surface area contributed by atoms with Crippen LogP contribution in [0.3, 0.4) is 0 Å². The predicted molar refractivity (Wildman–Crippen MR) is 153 cm³/mol. The van der Waals surface area contributed by atoms with Crippen LogP contribution in [0.4, 0.5) is 15.6 Å². The zero-order valence-electron chi connectivity index (χ0n) is 22.2. The summed E-state index contributed by atoms with van der Waals surface area (Å²) >= 11 is 7.75. The molecule has 0 unspecified atom stereocenters. The Hall–Kier alpha value is -2.75. The fraction of sp³-hybridized carbons (Fsp3) is 0.481. The summed E-state index contributed by atoms with van der Waals surface area (Å²) in [6.45, 7) is 12.8. The van der Waals surface area contributed by atoms with Gasteiger partial charge in [-0.25, -0.2) is 9.78 Å². The SMILES string of the molecule is COc1ccc(NC(=O)N2CCN(c3nc4ccc(Cl)cc4s3)CC2)cc1OCCN(C(C)C)C(C)C. The van der Waals surface area contributed by atoms with Crippen molar-refractivity contribution >= 4 is 50.0 Å². The fourth-order valence-electron chi connectivity index (χ4n) is 4.57. The molecule has 0 radical (unpaired) electrons. The summed E-state index contributed by atoms with van der Waals surface area (Å²) < 4.78 is 12.6. The number of urea groups is 1. The Bertz CT molecular complexity index is 1200. The number of methoxy groups -OCH3 is 1. The van der Waals surface area contributed by atoms with Gasteiger partial charge in [0.2, 0.25) is 0 Å². The number of rotatable bonds is 9. The summed E-state index contributed by atoms with van der Waals surface area (Å²) in [6, 6.07) is 12.0. The quantitative estimate of drug-likeness (QED) is 0.366. The predicted octanol–water partition coefficient (Wildman–Crippen LogP) is 5.81. The van der Waals surface area contributed by atoms with Gasteiger partial charge in [-0.2, -0.15) is 0 Å². The third kappa shape index (κ3) is 6.77. The number of benzene rings is 2. The molecular weight excluding hydrogens is 510 g/mol. The van der Waals surface area contributed by atoms with E-state index in [2.05, 4.69) is 42.8 Å². The molecule has 3 aromatic rings. The number of hydrogen-bond donors (Lipinski definition) is 1. The molecule has 2 heterocycles. The van der Waals surface area contributed by atoms with Crippen LogP contribution in [0.1, 0.15) is 27.7 Å². The number of carbonyl (C=O) groups excluding carboxylic acids is 1. The summed E-state index contributed by atoms with van der Waals surface area (Å²) in [5.74, 6) is 1.26. The van der Waals surface area contributed by atoms with Crippen molar-refractivity contribution in [3.8, 4) is 11.5 Å². The van der Waals surface area contributed by atoms with E-state index in [1.807, 2.05) is 41.3 Å². The molecular formula is C27H36ClN5O3S. The summed E-state index contributed by atoms with van der Waals surface area (Å²) in [5, 5.41) is 4.69. The highest BCUT2D eigenvalue weighted by Crippen LogP contribution is 2.32. The summed E-state index contributed by atoms with van der Waals surface area (Å²) in [5.41, 5.74) is 1.62. The molecule has 1 aliphatic rings. The monoisotopic (exact) mass is 545 g/mol. The van der Waals surface area contributed by atoms with Gasteiger partial charge in [-0.1, -0.05) is 22.9 Å². The molecule has 0 saturated carbocycles. The van der Waals surface area contributed by atoms with Crippen LogP contribution in [-0.4, -0.2) is 79.3 Å². The van der Waals surface area contributed by atoms with Gasteiger partial charge in [0.15, 0.2) is 16.6 Å². The van der Waals surface area contributed by atoms with Crippen LogP contribution in [0, 0.1) is 0 Å². The first-order valence-corrected chi connectivity index (χ1v) is 13.9. The number of anilines is 2. The number of nitrogens with zero attached hydrogens (tertiary/aromatic N) is 4. The Morgan fingerprint density at radius 1 is 1.08 bits per heavy atom. The Morgan fingerprint density at radius 3 is 2.49 bits per heavy atom. The molecule has 0 atom stereocenters. The number of ether oxygens (including phenoxy) is 2. The van der Waals surface area contributed by atoms with E-state index in [1.54, 1.807) is 18.4 Å². The Balaban J connectivity index is 1.33. The van der Waals surface area contributed by atoms with Crippen molar-refractivity contribution in [2.75, 3.05) is 56.7 Å². The molecule has 1 N–H and O–H groups in total. The first kappa shape index (κ1) is 27.3. The van der Waals surface area contributed by atoms with Crippen molar-refractivity contribution in [2.45, 2.75) is 39.8 Å². The average Bonchev–Trinajstić information content (AvgIpc) is 3.29. The zero-order valence-corrected chi connectivity index (χ0v) is 23.7. The first-order valence-electron chi connectivity index (χ1n) is 12.7. The molecule has 8 nitrogen and oxygen atoms in total. The van der Waals surface area contributed by atoms with E-state index in [0.29, 0.717) is 54.0 Å². The topological polar surface area (TPSA) is 70.2 Å². The van der Waals surface area contributed by atoms with Gasteiger partial charge in [0.25, 0.3) is 0 Å². The minimum atomic E-state index is -0.127. The summed E-state index contributed by atoms with van der Waals surface area (Å²) in [4.78, 5) is 24.2. The molecule has 1 saturated heterocycles. The second-order valence-electron chi connectivity index (χ2n) is 9.65. The number of thiazole rings is 1. The van der Waals surface area contributed by atoms with E-state index < -0.39 is 0 Å². The van der Waals surface area contributed by atoms with Crippen molar-refractivity contribution < 1.29 is 14.3 Å². The number of aromatic nitrogens is 1. The third-order valence-electron chi connectivity index (χ3n) is 6.53. The van der Waals surface area contributed by atoms with Gasteiger partial charge in [-0.15, -0.1) is 0 Å². The number of halogens is 1. The highest BCUT2D eigenvalue weighted by molar-refractivity contribution is 7.22. The lowest BCUT2D eigenvalue weighted by molar-refractivity contribution is 0.140. The minimum absolute atomic E-state index is 0.127. The molecule has 0 spiro atoms. The molecule has 37 heavy (non-hydrogen) atoms. The van der Waals surface area contributed by atoms with Crippen molar-refractivity contribution in [3.05, 3.63) is 41.4 Å². The van der Waals surface area contributed by atoms with Gasteiger partial charge in [0.05, 0.1) is 17.3 Å². The fourth-order valence-corrected chi connectivity index (χ4v) is 5.86. The highest BCUT2D eigenvalue weighted by Gasteiger charge is 2.24. The average molecular weight is 546 g/mol. The van der Waals surface area contributed by atoms with Gasteiger partial charge in [0.1, 0.15) is 6.61 Å². The van der Waals surface area contributed by atoms with Crippen molar-refractivity contribution in [3.63, 3.8) is 0 Å². The lowest BCUT2D eigenvalue weighted by Gasteiger charge is -2.34. The van der Waals surface area contributed by atoms with E-state index in [4.69, 9.17) is 26.1 Å². The third-order valence-corrected chi connectivity index (χ3v) is 7.84. The number of carbonyl (C=O) groups is 1. The molecule has 4 rings (SSSR count).